The molecule has 5 nitrogen and oxygen atoms in total. The molecule has 1 aromatic rings. The highest BCUT2D eigenvalue weighted by molar-refractivity contribution is 9.10. The van der Waals surface area contributed by atoms with Crippen molar-refractivity contribution in [3.63, 3.8) is 0 Å². The van der Waals surface area contributed by atoms with E-state index in [1.807, 2.05) is 0 Å². The molecule has 1 saturated carbocycles. The maximum atomic E-state index is 12.2. The smallest absolute Gasteiger partial charge is 0.240 e. The Morgan fingerprint density at radius 3 is 2.80 bits per heavy atom. The second-order valence-corrected chi connectivity index (χ2v) is 7.84. The van der Waals surface area contributed by atoms with Gasteiger partial charge in [-0.2, -0.15) is 0 Å². The van der Waals surface area contributed by atoms with Crippen molar-refractivity contribution in [2.75, 3.05) is 12.3 Å². The van der Waals surface area contributed by atoms with E-state index in [0.29, 0.717) is 23.1 Å². The van der Waals surface area contributed by atoms with Gasteiger partial charge in [0.25, 0.3) is 0 Å². The Morgan fingerprint density at radius 1 is 1.40 bits per heavy atom. The van der Waals surface area contributed by atoms with E-state index in [0.717, 1.165) is 19.3 Å². The average Bonchev–Trinajstić information content (AvgIpc) is 2.40. The van der Waals surface area contributed by atoms with Crippen LogP contribution in [0.2, 0.25) is 0 Å². The van der Waals surface area contributed by atoms with Gasteiger partial charge >= 0.3 is 0 Å². The van der Waals surface area contributed by atoms with Gasteiger partial charge in [-0.3, -0.25) is 0 Å². The third-order valence-electron chi connectivity index (χ3n) is 3.59. The average molecular weight is 363 g/mol. The second-order valence-electron chi connectivity index (χ2n) is 5.22. The van der Waals surface area contributed by atoms with Crippen molar-refractivity contribution in [3.8, 4) is 0 Å². The first-order chi connectivity index (χ1) is 9.38. The fraction of sp³-hybridized carbons (Fsp3) is 0.538. The summed E-state index contributed by atoms with van der Waals surface area (Å²) in [4.78, 5) is 0.162. The largest absolute Gasteiger partial charge is 0.398 e. The molecule has 2 unspecified atom stereocenters. The van der Waals surface area contributed by atoms with Crippen LogP contribution in [0.5, 0.6) is 0 Å². The molecular weight excluding hydrogens is 344 g/mol. The summed E-state index contributed by atoms with van der Waals surface area (Å²) >= 11 is 3.24. The molecular formula is C13H19BrN2O3S. The van der Waals surface area contributed by atoms with Crippen LogP contribution in [0.3, 0.4) is 0 Å². The molecule has 2 atom stereocenters. The number of halogens is 1. The number of hydrogen-bond acceptors (Lipinski definition) is 4. The van der Waals surface area contributed by atoms with E-state index in [2.05, 4.69) is 20.7 Å². The van der Waals surface area contributed by atoms with Gasteiger partial charge in [-0.15, -0.1) is 0 Å². The first-order valence-electron chi connectivity index (χ1n) is 6.61. The molecule has 1 aliphatic carbocycles. The summed E-state index contributed by atoms with van der Waals surface area (Å²) in [5.74, 6) is 0.196. The molecule has 0 aromatic heterocycles. The second kappa shape index (κ2) is 6.43. The number of nitrogens with one attached hydrogen (secondary N) is 1. The topological polar surface area (TPSA) is 92.4 Å². The molecule has 4 N–H and O–H groups in total. The van der Waals surface area contributed by atoms with Gasteiger partial charge in [0.1, 0.15) is 0 Å². The van der Waals surface area contributed by atoms with Gasteiger partial charge in [0.2, 0.25) is 10.0 Å². The lowest BCUT2D eigenvalue weighted by atomic mass is 9.87. The van der Waals surface area contributed by atoms with Crippen LogP contribution in [0.1, 0.15) is 25.7 Å². The number of hydrogen-bond donors (Lipinski definition) is 3. The number of aliphatic hydroxyl groups excluding tert-OH is 1. The molecule has 1 aliphatic rings. The van der Waals surface area contributed by atoms with Gasteiger partial charge in [0.05, 0.1) is 11.0 Å². The van der Waals surface area contributed by atoms with E-state index in [9.17, 15) is 13.5 Å². The van der Waals surface area contributed by atoms with Crippen molar-refractivity contribution in [2.45, 2.75) is 36.7 Å². The summed E-state index contributed by atoms with van der Waals surface area (Å²) in [6.45, 7) is 0.357. The number of benzene rings is 1. The molecule has 2 rings (SSSR count). The molecule has 112 valence electrons. The zero-order valence-corrected chi connectivity index (χ0v) is 13.5. The molecule has 0 saturated heterocycles. The third kappa shape index (κ3) is 3.94. The zero-order valence-electron chi connectivity index (χ0n) is 11.0. The first kappa shape index (κ1) is 15.8. The number of nitrogens with two attached hydrogens (primary N) is 1. The Morgan fingerprint density at radius 2 is 2.15 bits per heavy atom. The number of aliphatic hydroxyl groups is 1. The summed E-state index contributed by atoms with van der Waals surface area (Å²) in [7, 11) is -3.55. The molecule has 0 bridgehead atoms. The fourth-order valence-electron chi connectivity index (χ4n) is 2.45. The van der Waals surface area contributed by atoms with E-state index in [1.54, 1.807) is 6.07 Å². The van der Waals surface area contributed by atoms with Crippen LogP contribution in [0, 0.1) is 5.92 Å². The fourth-order valence-corrected chi connectivity index (χ4v) is 3.85. The van der Waals surface area contributed by atoms with Gasteiger partial charge in [0.15, 0.2) is 0 Å². The summed E-state index contributed by atoms with van der Waals surface area (Å²) in [5.41, 5.74) is 6.09. The molecule has 20 heavy (non-hydrogen) atoms. The lowest BCUT2D eigenvalue weighted by Gasteiger charge is -2.25. The number of anilines is 1. The first-order valence-corrected chi connectivity index (χ1v) is 8.89. The maximum Gasteiger partial charge on any atom is 0.240 e. The number of rotatable bonds is 4. The van der Waals surface area contributed by atoms with Gasteiger partial charge in [0, 0.05) is 16.7 Å². The number of nitrogen functional groups attached to an aromatic ring is 1. The molecule has 0 amide bonds. The van der Waals surface area contributed by atoms with Crippen molar-refractivity contribution in [1.82, 2.24) is 4.72 Å². The minimum absolute atomic E-state index is 0.162. The van der Waals surface area contributed by atoms with Gasteiger partial charge in [-0.05, 0) is 59.3 Å². The van der Waals surface area contributed by atoms with Crippen molar-refractivity contribution in [3.05, 3.63) is 22.7 Å². The Bertz CT molecular complexity index is 577. The Kier molecular flexibility index (Phi) is 5.06. The van der Waals surface area contributed by atoms with Gasteiger partial charge < -0.3 is 10.8 Å². The molecule has 0 aliphatic heterocycles. The van der Waals surface area contributed by atoms with Gasteiger partial charge in [-0.25, -0.2) is 13.1 Å². The van der Waals surface area contributed by atoms with E-state index in [4.69, 9.17) is 5.73 Å². The standard InChI is InChI=1S/C13H19BrN2O3S/c14-12-5-4-11(7-13(12)15)20(18,19)16-8-9-2-1-3-10(17)6-9/h4-5,7,9-10,16-17H,1-3,6,8,15H2. The highest BCUT2D eigenvalue weighted by atomic mass is 79.9. The predicted molar refractivity (Wildman–Crippen MR) is 81.7 cm³/mol. The monoisotopic (exact) mass is 362 g/mol. The third-order valence-corrected chi connectivity index (χ3v) is 5.74. The summed E-state index contributed by atoms with van der Waals surface area (Å²) in [5, 5.41) is 9.59. The summed E-state index contributed by atoms with van der Waals surface area (Å²) in [6.07, 6.45) is 3.06. The number of sulfonamides is 1. The normalized spacial score (nSPS) is 23.7. The highest BCUT2D eigenvalue weighted by Gasteiger charge is 2.22. The van der Waals surface area contributed by atoms with Crippen LogP contribution in [-0.2, 0) is 10.0 Å². The minimum atomic E-state index is -3.55. The van der Waals surface area contributed by atoms with Crippen LogP contribution in [-0.4, -0.2) is 26.2 Å². The molecule has 0 heterocycles. The quantitative estimate of drug-likeness (QED) is 0.712. The predicted octanol–water partition coefficient (Wildman–Crippen LogP) is 1.86. The van der Waals surface area contributed by atoms with Crippen LogP contribution >= 0.6 is 15.9 Å². The van der Waals surface area contributed by atoms with E-state index >= 15 is 0 Å². The lowest BCUT2D eigenvalue weighted by Crippen LogP contribution is -2.33. The van der Waals surface area contributed by atoms with Crippen molar-refractivity contribution >= 4 is 31.6 Å². The SMILES string of the molecule is Nc1cc(S(=O)(=O)NCC2CCCC(O)C2)ccc1Br. The molecule has 7 heteroatoms. The van der Waals surface area contributed by atoms with Crippen LogP contribution in [0.4, 0.5) is 5.69 Å². The van der Waals surface area contributed by atoms with Crippen molar-refractivity contribution < 1.29 is 13.5 Å². The van der Waals surface area contributed by atoms with E-state index in [1.165, 1.54) is 12.1 Å². The van der Waals surface area contributed by atoms with Crippen molar-refractivity contribution in [2.24, 2.45) is 5.92 Å². The van der Waals surface area contributed by atoms with Crippen LogP contribution < -0.4 is 10.5 Å². The van der Waals surface area contributed by atoms with Gasteiger partial charge in [-0.1, -0.05) is 6.42 Å². The zero-order chi connectivity index (χ0) is 14.8. The Balaban J connectivity index is 2.01. The minimum Gasteiger partial charge on any atom is -0.398 e. The Hall–Kier alpha value is -0.630. The highest BCUT2D eigenvalue weighted by Crippen LogP contribution is 2.25. The molecule has 1 fully saturated rings. The summed E-state index contributed by atoms with van der Waals surface area (Å²) < 4.78 is 27.6. The lowest BCUT2D eigenvalue weighted by molar-refractivity contribution is 0.102. The maximum absolute atomic E-state index is 12.2. The summed E-state index contributed by atoms with van der Waals surface area (Å²) in [6, 6.07) is 4.56. The van der Waals surface area contributed by atoms with Crippen LogP contribution in [0.25, 0.3) is 0 Å². The van der Waals surface area contributed by atoms with E-state index in [-0.39, 0.29) is 16.9 Å². The molecule has 0 radical (unpaired) electrons. The van der Waals surface area contributed by atoms with Crippen molar-refractivity contribution in [1.29, 1.82) is 0 Å². The van der Waals surface area contributed by atoms with E-state index < -0.39 is 10.0 Å². The molecule has 1 aromatic carbocycles. The van der Waals surface area contributed by atoms with Crippen LogP contribution in [0.15, 0.2) is 27.6 Å². The Labute approximate surface area is 127 Å². The molecule has 0 spiro atoms.